The van der Waals surface area contributed by atoms with E-state index < -0.39 is 18.5 Å². The lowest BCUT2D eigenvalue weighted by Gasteiger charge is -2.13. The van der Waals surface area contributed by atoms with Gasteiger partial charge in [-0.1, -0.05) is 50.8 Å². The Morgan fingerprint density at radius 2 is 1.61 bits per heavy atom. The molecule has 7 heteroatoms. The third kappa shape index (κ3) is 6.75. The van der Waals surface area contributed by atoms with Crippen molar-refractivity contribution < 1.29 is 28.9 Å². The molecule has 2 aromatic carbocycles. The van der Waals surface area contributed by atoms with Crippen LogP contribution < -0.4 is 9.47 Å². The molecular weight excluding hydrogens is 458 g/mol. The molecule has 0 saturated heterocycles. The minimum absolute atomic E-state index is 0.0467. The zero-order valence-corrected chi connectivity index (χ0v) is 20.5. The number of nitrogens with zero attached hydrogens (tertiary/aromatic N) is 1. The fourth-order valence-electron chi connectivity index (χ4n) is 3.38. The van der Waals surface area contributed by atoms with Crippen LogP contribution in [0.25, 0.3) is 22.4 Å². The Morgan fingerprint density at radius 1 is 0.917 bits per heavy atom. The molecule has 7 nitrogen and oxygen atoms in total. The van der Waals surface area contributed by atoms with Gasteiger partial charge in [0.15, 0.2) is 0 Å². The van der Waals surface area contributed by atoms with E-state index in [9.17, 15) is 14.7 Å². The zero-order valence-electron chi connectivity index (χ0n) is 20.5. The molecule has 1 heterocycles. The van der Waals surface area contributed by atoms with Crippen molar-refractivity contribution in [3.63, 3.8) is 0 Å². The van der Waals surface area contributed by atoms with Crippen LogP contribution in [0, 0.1) is 0 Å². The van der Waals surface area contributed by atoms with E-state index in [0.717, 1.165) is 29.5 Å². The van der Waals surface area contributed by atoms with Crippen molar-refractivity contribution in [2.75, 3.05) is 20.3 Å². The molecular formula is C29H29NO6. The predicted octanol–water partition coefficient (Wildman–Crippen LogP) is 4.93. The third-order valence-corrected chi connectivity index (χ3v) is 5.31. The van der Waals surface area contributed by atoms with E-state index in [0.29, 0.717) is 22.8 Å². The number of aryl methyl sites for hydroxylation is 1. The fourth-order valence-corrected chi connectivity index (χ4v) is 3.38. The van der Waals surface area contributed by atoms with Gasteiger partial charge in [0.2, 0.25) is 0 Å². The number of hydrogen-bond acceptors (Lipinski definition) is 7. The minimum Gasteiger partial charge on any atom is -0.423 e. The molecule has 3 rings (SSSR count). The molecule has 0 saturated carbocycles. The van der Waals surface area contributed by atoms with Crippen molar-refractivity contribution in [3.8, 4) is 33.9 Å². The number of aromatic nitrogens is 1. The summed E-state index contributed by atoms with van der Waals surface area (Å²) in [7, 11) is 1.48. The summed E-state index contributed by atoms with van der Waals surface area (Å²) in [6, 6.07) is 16.2. The lowest BCUT2D eigenvalue weighted by atomic mass is 10.00. The van der Waals surface area contributed by atoms with Crippen LogP contribution in [-0.2, 0) is 20.7 Å². The van der Waals surface area contributed by atoms with Crippen LogP contribution >= 0.6 is 0 Å². The lowest BCUT2D eigenvalue weighted by Crippen LogP contribution is -2.13. The fraction of sp³-hybridized carbons (Fsp3) is 0.207. The van der Waals surface area contributed by atoms with E-state index in [1.165, 1.54) is 7.11 Å². The molecule has 0 aliphatic heterocycles. The van der Waals surface area contributed by atoms with Crippen LogP contribution in [0.2, 0.25) is 0 Å². The van der Waals surface area contributed by atoms with Crippen molar-refractivity contribution in [1.29, 1.82) is 0 Å². The monoisotopic (exact) mass is 487 g/mol. The molecule has 1 aromatic heterocycles. The highest BCUT2D eigenvalue weighted by atomic mass is 16.5. The maximum Gasteiger partial charge on any atom is 0.341 e. The largest absolute Gasteiger partial charge is 0.423 e. The van der Waals surface area contributed by atoms with Crippen molar-refractivity contribution >= 4 is 11.9 Å². The summed E-state index contributed by atoms with van der Waals surface area (Å²) < 4.78 is 15.7. The summed E-state index contributed by atoms with van der Waals surface area (Å²) in [5.41, 5.74) is 4.23. The number of carbonyl (C=O) groups is 2. The Bertz CT molecular complexity index is 1250. The first-order valence-corrected chi connectivity index (χ1v) is 11.5. The molecule has 1 N–H and O–H groups in total. The van der Waals surface area contributed by atoms with Crippen molar-refractivity contribution in [3.05, 3.63) is 90.7 Å². The van der Waals surface area contributed by atoms with Gasteiger partial charge in [0, 0.05) is 18.9 Å². The quantitative estimate of drug-likeness (QED) is 0.233. The van der Waals surface area contributed by atoms with E-state index in [1.54, 1.807) is 24.3 Å². The van der Waals surface area contributed by atoms with E-state index in [1.807, 2.05) is 36.5 Å². The molecule has 0 fully saturated rings. The Kier molecular flexibility index (Phi) is 9.27. The number of rotatable bonds is 11. The van der Waals surface area contributed by atoms with Gasteiger partial charge >= 0.3 is 11.9 Å². The highest BCUT2D eigenvalue weighted by Crippen LogP contribution is 2.34. The molecule has 186 valence electrons. The number of esters is 2. The summed E-state index contributed by atoms with van der Waals surface area (Å²) in [5.74, 6) is -0.589. The van der Waals surface area contributed by atoms with Gasteiger partial charge in [-0.2, -0.15) is 0 Å². The Hall–Kier alpha value is -4.07. The normalized spacial score (nSPS) is 10.5. The van der Waals surface area contributed by atoms with Gasteiger partial charge in [-0.15, -0.1) is 0 Å². The molecule has 0 aliphatic carbocycles. The van der Waals surface area contributed by atoms with Gasteiger partial charge in [0.25, 0.3) is 0 Å². The number of ether oxygens (including phenoxy) is 3. The first kappa shape index (κ1) is 26.5. The number of hydrogen-bond donors (Lipinski definition) is 1. The second-order valence-electron chi connectivity index (χ2n) is 8.11. The van der Waals surface area contributed by atoms with Crippen LogP contribution in [0.1, 0.15) is 18.9 Å². The molecule has 0 atom stereocenters. The Morgan fingerprint density at radius 3 is 2.22 bits per heavy atom. The molecule has 3 aromatic rings. The average molecular weight is 488 g/mol. The SMILES string of the molecule is C=C(COC)C(=O)Oc1ccc(-c2ccc(OC(=O)C(=C)CO)c(-c3ccc(CCC)cn3)c2)cc1. The molecule has 0 radical (unpaired) electrons. The minimum atomic E-state index is -0.713. The highest BCUT2D eigenvalue weighted by Gasteiger charge is 2.16. The highest BCUT2D eigenvalue weighted by molar-refractivity contribution is 5.91. The zero-order chi connectivity index (χ0) is 26.1. The van der Waals surface area contributed by atoms with E-state index in [2.05, 4.69) is 25.1 Å². The summed E-state index contributed by atoms with van der Waals surface area (Å²) in [4.78, 5) is 28.9. The standard InChI is InChI=1S/C29H29NO6/c1-5-6-21-7-13-26(30-16-21)25-15-23(10-14-27(25)36-28(32)19(2)17-31)22-8-11-24(12-9-22)35-29(33)20(3)18-34-4/h7-16,31H,2-3,5-6,17-18H2,1,4H3. The molecule has 0 bridgehead atoms. The van der Waals surface area contributed by atoms with Gasteiger partial charge in [0.1, 0.15) is 11.5 Å². The van der Waals surface area contributed by atoms with Crippen LogP contribution in [0.15, 0.2) is 85.1 Å². The second-order valence-corrected chi connectivity index (χ2v) is 8.11. The van der Waals surface area contributed by atoms with E-state index in [4.69, 9.17) is 14.2 Å². The number of benzene rings is 2. The number of aliphatic hydroxyl groups is 1. The Balaban J connectivity index is 1.92. The predicted molar refractivity (Wildman–Crippen MR) is 138 cm³/mol. The number of methoxy groups -OCH3 is 1. The van der Waals surface area contributed by atoms with Crippen molar-refractivity contribution in [2.24, 2.45) is 0 Å². The van der Waals surface area contributed by atoms with Crippen LogP contribution in [0.4, 0.5) is 0 Å². The second kappa shape index (κ2) is 12.6. The molecule has 0 unspecified atom stereocenters. The first-order valence-electron chi connectivity index (χ1n) is 11.5. The average Bonchev–Trinajstić information content (AvgIpc) is 2.89. The maximum absolute atomic E-state index is 12.3. The van der Waals surface area contributed by atoms with Gasteiger partial charge in [0.05, 0.1) is 30.1 Å². The summed E-state index contributed by atoms with van der Waals surface area (Å²) in [6.45, 7) is 8.88. The van der Waals surface area contributed by atoms with Crippen LogP contribution in [0.5, 0.6) is 11.5 Å². The van der Waals surface area contributed by atoms with Gasteiger partial charge < -0.3 is 19.3 Å². The molecule has 0 amide bonds. The van der Waals surface area contributed by atoms with Crippen LogP contribution in [0.3, 0.4) is 0 Å². The van der Waals surface area contributed by atoms with Crippen molar-refractivity contribution in [2.45, 2.75) is 19.8 Å². The number of aliphatic hydroxyl groups excluding tert-OH is 1. The number of carbonyl (C=O) groups excluding carboxylic acids is 2. The Labute approximate surface area is 210 Å². The van der Waals surface area contributed by atoms with Gasteiger partial charge in [-0.25, -0.2) is 9.59 Å². The van der Waals surface area contributed by atoms with Gasteiger partial charge in [-0.05, 0) is 53.4 Å². The first-order chi connectivity index (χ1) is 17.4. The molecule has 0 spiro atoms. The van der Waals surface area contributed by atoms with Crippen molar-refractivity contribution in [1.82, 2.24) is 4.98 Å². The van der Waals surface area contributed by atoms with E-state index in [-0.39, 0.29) is 17.8 Å². The maximum atomic E-state index is 12.3. The topological polar surface area (TPSA) is 95.0 Å². The molecule has 36 heavy (non-hydrogen) atoms. The number of pyridine rings is 1. The lowest BCUT2D eigenvalue weighted by molar-refractivity contribution is -0.131. The van der Waals surface area contributed by atoms with E-state index >= 15 is 0 Å². The molecule has 0 aliphatic rings. The smallest absolute Gasteiger partial charge is 0.341 e. The summed E-state index contributed by atoms with van der Waals surface area (Å²) in [6.07, 6.45) is 3.74. The van der Waals surface area contributed by atoms with Gasteiger partial charge in [-0.3, -0.25) is 4.98 Å². The third-order valence-electron chi connectivity index (χ3n) is 5.31. The summed E-state index contributed by atoms with van der Waals surface area (Å²) >= 11 is 0. The van der Waals surface area contributed by atoms with Crippen LogP contribution in [-0.4, -0.2) is 42.4 Å². The summed E-state index contributed by atoms with van der Waals surface area (Å²) in [5, 5.41) is 9.22.